The number of nitrogens with zero attached hydrogens (tertiary/aromatic N) is 1. The van der Waals surface area contributed by atoms with Crippen LogP contribution >= 0.6 is 11.8 Å². The standard InChI is InChI=1S/C41H25NS/c1-2-14-27-26(12-1)13-11-22-36(27)42-37-21-9-5-17-30(37)31-24-25-35-40(39(31)42)43-38-23-10-8-20-34(38)41(35)32-18-6-3-15-28(32)29-16-4-7-19-33(29)41/h1-25H. The van der Waals surface area contributed by atoms with Crippen LogP contribution in [-0.2, 0) is 5.41 Å². The molecule has 0 radical (unpaired) electrons. The van der Waals surface area contributed by atoms with E-state index in [1.807, 2.05) is 11.8 Å². The predicted octanol–water partition coefficient (Wildman–Crippen LogP) is 10.8. The lowest BCUT2D eigenvalue weighted by atomic mass is 9.67. The lowest BCUT2D eigenvalue weighted by Gasteiger charge is -2.40. The Balaban J connectivity index is 1.43. The second-order valence-corrected chi connectivity index (χ2v) is 12.7. The van der Waals surface area contributed by atoms with Crippen molar-refractivity contribution in [3.8, 4) is 16.8 Å². The molecule has 0 atom stereocenters. The molecule has 10 rings (SSSR count). The van der Waals surface area contributed by atoms with Crippen LogP contribution in [0.3, 0.4) is 0 Å². The van der Waals surface area contributed by atoms with E-state index in [1.54, 1.807) is 0 Å². The van der Waals surface area contributed by atoms with Crippen LogP contribution in [0.5, 0.6) is 0 Å². The van der Waals surface area contributed by atoms with Gasteiger partial charge in [-0.25, -0.2) is 0 Å². The summed E-state index contributed by atoms with van der Waals surface area (Å²) in [6.07, 6.45) is 0. The van der Waals surface area contributed by atoms with Crippen LogP contribution in [0.1, 0.15) is 22.3 Å². The third kappa shape index (κ3) is 2.89. The van der Waals surface area contributed by atoms with Crippen LogP contribution in [0.25, 0.3) is 49.4 Å². The van der Waals surface area contributed by atoms with Crippen LogP contribution in [0.15, 0.2) is 161 Å². The van der Waals surface area contributed by atoms with Gasteiger partial charge in [0.1, 0.15) is 0 Å². The Morgan fingerprint density at radius 2 is 1.07 bits per heavy atom. The van der Waals surface area contributed by atoms with Gasteiger partial charge in [0.15, 0.2) is 0 Å². The maximum absolute atomic E-state index is 2.53. The molecule has 2 heterocycles. The Hall–Kier alpha value is -5.05. The average molecular weight is 564 g/mol. The zero-order valence-corrected chi connectivity index (χ0v) is 24.1. The maximum Gasteiger partial charge on any atom is 0.0736 e. The highest BCUT2D eigenvalue weighted by atomic mass is 32.2. The van der Waals surface area contributed by atoms with Gasteiger partial charge in [0.25, 0.3) is 0 Å². The van der Waals surface area contributed by atoms with Crippen LogP contribution in [-0.4, -0.2) is 4.57 Å². The average Bonchev–Trinajstić information content (AvgIpc) is 3.56. The normalized spacial score (nSPS) is 14.1. The van der Waals surface area contributed by atoms with E-state index in [9.17, 15) is 0 Å². The minimum Gasteiger partial charge on any atom is -0.307 e. The molecule has 0 bridgehead atoms. The van der Waals surface area contributed by atoms with Gasteiger partial charge in [0.2, 0.25) is 0 Å². The summed E-state index contributed by atoms with van der Waals surface area (Å²) in [7, 11) is 0. The molecule has 0 fully saturated rings. The van der Waals surface area contributed by atoms with Gasteiger partial charge in [-0.2, -0.15) is 0 Å². The van der Waals surface area contributed by atoms with Crippen molar-refractivity contribution in [2.45, 2.75) is 15.2 Å². The molecule has 1 aliphatic heterocycles. The van der Waals surface area contributed by atoms with E-state index >= 15 is 0 Å². The zero-order valence-electron chi connectivity index (χ0n) is 23.3. The van der Waals surface area contributed by atoms with E-state index in [4.69, 9.17) is 0 Å². The molecule has 0 saturated heterocycles. The van der Waals surface area contributed by atoms with Crippen molar-refractivity contribution in [1.82, 2.24) is 4.57 Å². The van der Waals surface area contributed by atoms with E-state index in [1.165, 1.54) is 81.4 Å². The fourth-order valence-electron chi connectivity index (χ4n) is 8.02. The minimum absolute atomic E-state index is 0.390. The molecule has 1 aliphatic carbocycles. The molecule has 7 aromatic carbocycles. The van der Waals surface area contributed by atoms with Crippen molar-refractivity contribution in [2.24, 2.45) is 0 Å². The first kappa shape index (κ1) is 23.5. The zero-order chi connectivity index (χ0) is 28.1. The molecule has 1 aromatic heterocycles. The number of fused-ring (bicyclic) bond motifs is 14. The third-order valence-electron chi connectivity index (χ3n) is 9.66. The summed E-state index contributed by atoms with van der Waals surface area (Å²) in [6.45, 7) is 0. The van der Waals surface area contributed by atoms with Crippen LogP contribution in [0, 0.1) is 0 Å². The second kappa shape index (κ2) is 8.50. The van der Waals surface area contributed by atoms with E-state index < -0.39 is 5.41 Å². The fourth-order valence-corrected chi connectivity index (χ4v) is 9.34. The summed E-state index contributed by atoms with van der Waals surface area (Å²) in [5.41, 5.74) is 11.5. The lowest BCUT2D eigenvalue weighted by molar-refractivity contribution is 0.724. The first-order valence-electron chi connectivity index (χ1n) is 14.9. The second-order valence-electron chi connectivity index (χ2n) is 11.6. The number of para-hydroxylation sites is 1. The van der Waals surface area contributed by atoms with Crippen molar-refractivity contribution in [3.05, 3.63) is 174 Å². The molecule has 0 N–H and O–H groups in total. The Morgan fingerprint density at radius 3 is 1.88 bits per heavy atom. The molecule has 0 amide bonds. The monoisotopic (exact) mass is 563 g/mol. The van der Waals surface area contributed by atoms with Crippen molar-refractivity contribution >= 4 is 44.3 Å². The summed E-state index contributed by atoms with van der Waals surface area (Å²) in [6, 6.07) is 56.4. The van der Waals surface area contributed by atoms with Crippen molar-refractivity contribution < 1.29 is 0 Å². The van der Waals surface area contributed by atoms with Crippen LogP contribution < -0.4 is 0 Å². The topological polar surface area (TPSA) is 4.93 Å². The summed E-state index contributed by atoms with van der Waals surface area (Å²) in [5.74, 6) is 0. The Morgan fingerprint density at radius 1 is 0.442 bits per heavy atom. The summed E-state index contributed by atoms with van der Waals surface area (Å²) < 4.78 is 2.53. The molecule has 0 saturated carbocycles. The molecular formula is C41H25NS. The highest BCUT2D eigenvalue weighted by Crippen LogP contribution is 2.63. The largest absolute Gasteiger partial charge is 0.307 e. The van der Waals surface area contributed by atoms with Crippen LogP contribution in [0.2, 0.25) is 0 Å². The molecule has 1 spiro atoms. The number of rotatable bonds is 1. The Labute approximate surface area is 254 Å². The molecular weight excluding hydrogens is 539 g/mol. The van der Waals surface area contributed by atoms with Gasteiger partial charge in [0.05, 0.1) is 22.1 Å². The van der Waals surface area contributed by atoms with Gasteiger partial charge < -0.3 is 4.57 Å². The minimum atomic E-state index is -0.390. The van der Waals surface area contributed by atoms with Crippen molar-refractivity contribution in [1.29, 1.82) is 0 Å². The summed E-state index contributed by atoms with van der Waals surface area (Å²) in [5, 5.41) is 5.10. The van der Waals surface area contributed by atoms with Gasteiger partial charge in [-0.15, -0.1) is 0 Å². The molecule has 2 aliphatic rings. The van der Waals surface area contributed by atoms with Gasteiger partial charge in [-0.3, -0.25) is 0 Å². The SMILES string of the molecule is c1ccc2c(c1)Sc1c(ccc3c4ccccc4n(-c4cccc5ccccc45)c13)C21c2ccccc2-c2ccccc21. The van der Waals surface area contributed by atoms with E-state index in [2.05, 4.69) is 156 Å². The molecule has 8 aromatic rings. The van der Waals surface area contributed by atoms with Gasteiger partial charge in [0, 0.05) is 25.9 Å². The van der Waals surface area contributed by atoms with Gasteiger partial charge in [-0.1, -0.05) is 145 Å². The van der Waals surface area contributed by atoms with E-state index in [-0.39, 0.29) is 0 Å². The fraction of sp³-hybridized carbons (Fsp3) is 0.0244. The van der Waals surface area contributed by atoms with E-state index in [0.717, 1.165) is 0 Å². The first-order chi connectivity index (χ1) is 21.4. The van der Waals surface area contributed by atoms with Crippen LogP contribution in [0.4, 0.5) is 0 Å². The number of hydrogen-bond donors (Lipinski definition) is 0. The third-order valence-corrected chi connectivity index (χ3v) is 10.9. The number of benzene rings is 7. The van der Waals surface area contributed by atoms with E-state index in [0.29, 0.717) is 0 Å². The molecule has 0 unspecified atom stereocenters. The molecule has 1 nitrogen and oxygen atoms in total. The highest BCUT2D eigenvalue weighted by Gasteiger charge is 2.50. The van der Waals surface area contributed by atoms with Gasteiger partial charge in [-0.05, 0) is 57.0 Å². The van der Waals surface area contributed by atoms with Crippen molar-refractivity contribution in [3.63, 3.8) is 0 Å². The molecule has 43 heavy (non-hydrogen) atoms. The summed E-state index contributed by atoms with van der Waals surface area (Å²) >= 11 is 1.93. The Kier molecular flexibility index (Phi) is 4.65. The lowest BCUT2D eigenvalue weighted by Crippen LogP contribution is -2.32. The van der Waals surface area contributed by atoms with Gasteiger partial charge >= 0.3 is 0 Å². The smallest absolute Gasteiger partial charge is 0.0736 e. The highest BCUT2D eigenvalue weighted by molar-refractivity contribution is 7.99. The summed E-state index contributed by atoms with van der Waals surface area (Å²) in [4.78, 5) is 2.66. The maximum atomic E-state index is 2.53. The number of hydrogen-bond acceptors (Lipinski definition) is 1. The quantitative estimate of drug-likeness (QED) is 0.192. The molecule has 200 valence electrons. The predicted molar refractivity (Wildman–Crippen MR) is 180 cm³/mol. The Bertz CT molecular complexity index is 2400. The number of aromatic nitrogens is 1. The van der Waals surface area contributed by atoms with Crippen molar-refractivity contribution in [2.75, 3.05) is 0 Å². The molecule has 2 heteroatoms. The first-order valence-corrected chi connectivity index (χ1v) is 15.7.